The van der Waals surface area contributed by atoms with Gasteiger partial charge in [-0.15, -0.1) is 0 Å². The maximum absolute atomic E-state index is 4.27. The lowest BCUT2D eigenvalue weighted by atomic mass is 10.1. The average molecular weight is 313 g/mol. The first-order chi connectivity index (χ1) is 11.3. The summed E-state index contributed by atoms with van der Waals surface area (Å²) >= 11 is 0. The number of aliphatic imine (C=N–C) groups is 1. The van der Waals surface area contributed by atoms with E-state index in [1.165, 1.54) is 5.56 Å². The van der Waals surface area contributed by atoms with Gasteiger partial charge in [-0.3, -0.25) is 9.67 Å². The first-order valence-electron chi connectivity index (χ1n) is 8.24. The molecule has 2 rings (SSSR count). The van der Waals surface area contributed by atoms with E-state index < -0.39 is 0 Å². The van der Waals surface area contributed by atoms with Crippen molar-refractivity contribution in [2.24, 2.45) is 10.9 Å². The summed E-state index contributed by atoms with van der Waals surface area (Å²) in [6.07, 6.45) is 5.98. The Morgan fingerprint density at radius 2 is 2.04 bits per heavy atom. The highest BCUT2D eigenvalue weighted by molar-refractivity contribution is 5.79. The summed E-state index contributed by atoms with van der Waals surface area (Å²) < 4.78 is 1.96. The SMILES string of the molecule is CN=C(NCCCc1ccccc1)NCC(C)Cn1cccn1. The van der Waals surface area contributed by atoms with Crippen LogP contribution in [0.1, 0.15) is 18.9 Å². The van der Waals surface area contributed by atoms with Gasteiger partial charge in [0.1, 0.15) is 0 Å². The van der Waals surface area contributed by atoms with Gasteiger partial charge >= 0.3 is 0 Å². The summed E-state index contributed by atoms with van der Waals surface area (Å²) in [5.41, 5.74) is 1.38. The van der Waals surface area contributed by atoms with Crippen LogP contribution in [0.2, 0.25) is 0 Å². The molecule has 23 heavy (non-hydrogen) atoms. The third kappa shape index (κ3) is 6.55. The van der Waals surface area contributed by atoms with Crippen LogP contribution in [0.25, 0.3) is 0 Å². The Morgan fingerprint density at radius 1 is 1.22 bits per heavy atom. The summed E-state index contributed by atoms with van der Waals surface area (Å²) in [4.78, 5) is 4.27. The van der Waals surface area contributed by atoms with E-state index in [1.807, 2.05) is 30.2 Å². The minimum atomic E-state index is 0.484. The molecule has 124 valence electrons. The molecule has 1 aromatic heterocycles. The third-order valence-corrected chi connectivity index (χ3v) is 3.68. The number of guanidine groups is 1. The van der Waals surface area contributed by atoms with Crippen LogP contribution < -0.4 is 10.6 Å². The van der Waals surface area contributed by atoms with Gasteiger partial charge in [0.25, 0.3) is 0 Å². The topological polar surface area (TPSA) is 54.2 Å². The van der Waals surface area contributed by atoms with E-state index >= 15 is 0 Å². The van der Waals surface area contributed by atoms with Crippen LogP contribution in [0.4, 0.5) is 0 Å². The highest BCUT2D eigenvalue weighted by Gasteiger charge is 2.05. The van der Waals surface area contributed by atoms with E-state index in [4.69, 9.17) is 0 Å². The Labute approximate surface area is 138 Å². The van der Waals surface area contributed by atoms with E-state index in [-0.39, 0.29) is 0 Å². The fourth-order valence-electron chi connectivity index (χ4n) is 2.43. The van der Waals surface area contributed by atoms with Crippen molar-refractivity contribution in [3.63, 3.8) is 0 Å². The van der Waals surface area contributed by atoms with Crippen molar-refractivity contribution in [3.05, 3.63) is 54.4 Å². The lowest BCUT2D eigenvalue weighted by molar-refractivity contribution is 0.443. The summed E-state index contributed by atoms with van der Waals surface area (Å²) in [5.74, 6) is 1.35. The van der Waals surface area contributed by atoms with Gasteiger partial charge < -0.3 is 10.6 Å². The maximum Gasteiger partial charge on any atom is 0.190 e. The predicted octanol–water partition coefficient (Wildman–Crippen LogP) is 2.32. The largest absolute Gasteiger partial charge is 0.356 e. The van der Waals surface area contributed by atoms with Crippen LogP contribution >= 0.6 is 0 Å². The molecule has 1 unspecified atom stereocenters. The third-order valence-electron chi connectivity index (χ3n) is 3.68. The molecule has 0 aliphatic rings. The Morgan fingerprint density at radius 3 is 2.74 bits per heavy atom. The van der Waals surface area contributed by atoms with Crippen molar-refractivity contribution in [2.75, 3.05) is 20.1 Å². The quantitative estimate of drug-likeness (QED) is 0.447. The van der Waals surface area contributed by atoms with Crippen LogP contribution in [0, 0.1) is 5.92 Å². The molecular weight excluding hydrogens is 286 g/mol. The fourth-order valence-corrected chi connectivity index (χ4v) is 2.43. The maximum atomic E-state index is 4.27. The van der Waals surface area contributed by atoms with Gasteiger partial charge in [0.15, 0.2) is 5.96 Å². The molecule has 0 radical (unpaired) electrons. The Balaban J connectivity index is 1.61. The molecule has 1 heterocycles. The van der Waals surface area contributed by atoms with Crippen LogP contribution in [0.15, 0.2) is 53.8 Å². The zero-order valence-corrected chi connectivity index (χ0v) is 14.1. The zero-order chi connectivity index (χ0) is 16.3. The van der Waals surface area contributed by atoms with Crippen molar-refractivity contribution in [2.45, 2.75) is 26.3 Å². The van der Waals surface area contributed by atoms with Gasteiger partial charge in [-0.2, -0.15) is 5.10 Å². The number of nitrogens with zero attached hydrogens (tertiary/aromatic N) is 3. The van der Waals surface area contributed by atoms with Gasteiger partial charge in [0, 0.05) is 39.1 Å². The number of hydrogen-bond donors (Lipinski definition) is 2. The molecule has 0 spiro atoms. The molecule has 1 atom stereocenters. The number of aryl methyl sites for hydroxylation is 1. The smallest absolute Gasteiger partial charge is 0.190 e. The average Bonchev–Trinajstić information content (AvgIpc) is 3.08. The monoisotopic (exact) mass is 313 g/mol. The van der Waals surface area contributed by atoms with Crippen molar-refractivity contribution >= 4 is 5.96 Å². The van der Waals surface area contributed by atoms with Crippen molar-refractivity contribution in [3.8, 4) is 0 Å². The van der Waals surface area contributed by atoms with Crippen LogP contribution in [-0.2, 0) is 13.0 Å². The van der Waals surface area contributed by atoms with E-state index in [1.54, 1.807) is 0 Å². The number of rotatable bonds is 8. The minimum Gasteiger partial charge on any atom is -0.356 e. The lowest BCUT2D eigenvalue weighted by Crippen LogP contribution is -2.40. The molecule has 5 nitrogen and oxygen atoms in total. The first-order valence-corrected chi connectivity index (χ1v) is 8.24. The zero-order valence-electron chi connectivity index (χ0n) is 14.1. The molecule has 0 saturated heterocycles. The second kappa shape index (κ2) is 9.66. The molecule has 0 aliphatic carbocycles. The summed E-state index contributed by atoms with van der Waals surface area (Å²) in [5, 5.41) is 11.0. The molecule has 2 N–H and O–H groups in total. The van der Waals surface area contributed by atoms with E-state index in [0.717, 1.165) is 38.4 Å². The number of benzene rings is 1. The normalized spacial score (nSPS) is 12.9. The number of hydrogen-bond acceptors (Lipinski definition) is 2. The molecule has 0 saturated carbocycles. The lowest BCUT2D eigenvalue weighted by Gasteiger charge is -2.16. The van der Waals surface area contributed by atoms with E-state index in [2.05, 4.69) is 58.0 Å². The summed E-state index contributed by atoms with van der Waals surface area (Å²) in [6, 6.07) is 12.5. The Kier molecular flexibility index (Phi) is 7.17. The summed E-state index contributed by atoms with van der Waals surface area (Å²) in [7, 11) is 1.81. The van der Waals surface area contributed by atoms with Gasteiger partial charge in [-0.05, 0) is 30.4 Å². The van der Waals surface area contributed by atoms with Crippen molar-refractivity contribution < 1.29 is 0 Å². The molecule has 0 bridgehead atoms. The molecule has 1 aromatic carbocycles. The summed E-state index contributed by atoms with van der Waals surface area (Å²) in [6.45, 7) is 4.91. The number of nitrogens with one attached hydrogen (secondary N) is 2. The van der Waals surface area contributed by atoms with Crippen LogP contribution in [0.5, 0.6) is 0 Å². The highest BCUT2D eigenvalue weighted by Crippen LogP contribution is 2.01. The highest BCUT2D eigenvalue weighted by atomic mass is 15.3. The second-order valence-corrected chi connectivity index (χ2v) is 5.80. The van der Waals surface area contributed by atoms with Crippen LogP contribution in [0.3, 0.4) is 0 Å². The van der Waals surface area contributed by atoms with Crippen molar-refractivity contribution in [1.29, 1.82) is 0 Å². The minimum absolute atomic E-state index is 0.484. The van der Waals surface area contributed by atoms with Gasteiger partial charge in [-0.1, -0.05) is 37.3 Å². The van der Waals surface area contributed by atoms with Gasteiger partial charge in [0.2, 0.25) is 0 Å². The van der Waals surface area contributed by atoms with Crippen LogP contribution in [-0.4, -0.2) is 35.9 Å². The molecule has 0 amide bonds. The fraction of sp³-hybridized carbons (Fsp3) is 0.444. The molecular formula is C18H27N5. The van der Waals surface area contributed by atoms with E-state index in [0.29, 0.717) is 5.92 Å². The number of aromatic nitrogens is 2. The second-order valence-electron chi connectivity index (χ2n) is 5.80. The first kappa shape index (κ1) is 17.1. The Bertz CT molecular complexity index is 562. The van der Waals surface area contributed by atoms with E-state index in [9.17, 15) is 0 Å². The molecule has 2 aromatic rings. The van der Waals surface area contributed by atoms with Gasteiger partial charge in [-0.25, -0.2) is 0 Å². The molecule has 0 aliphatic heterocycles. The molecule has 0 fully saturated rings. The molecule has 5 heteroatoms. The standard InChI is InChI=1S/C18H27N5/c1-16(15-23-13-7-12-22-23)14-21-18(19-2)20-11-6-10-17-8-4-3-5-9-17/h3-5,7-9,12-13,16H,6,10-11,14-15H2,1-2H3,(H2,19,20,21). The Hall–Kier alpha value is -2.30. The van der Waals surface area contributed by atoms with Gasteiger partial charge in [0.05, 0.1) is 0 Å². The van der Waals surface area contributed by atoms with Crippen molar-refractivity contribution in [1.82, 2.24) is 20.4 Å². The predicted molar refractivity (Wildman–Crippen MR) is 95.5 cm³/mol.